The molecular formula is C21H28ClN8O3+. The fraction of sp³-hybridized carbons (Fsp3) is 0.381. The molecule has 1 aromatic heterocycles. The van der Waals surface area contributed by atoms with E-state index >= 15 is 0 Å². The maximum atomic E-state index is 12.5. The zero-order chi connectivity index (χ0) is 24.2. The van der Waals surface area contributed by atoms with Crippen LogP contribution in [0, 0.1) is 0 Å². The molecule has 1 aliphatic heterocycles. The Morgan fingerprint density at radius 1 is 1.30 bits per heavy atom. The first-order valence-corrected chi connectivity index (χ1v) is 10.7. The molecule has 1 amide bonds. The molecule has 2 heterocycles. The summed E-state index contributed by atoms with van der Waals surface area (Å²) >= 11 is 5.83. The highest BCUT2D eigenvalue weighted by Crippen LogP contribution is 2.23. The third kappa shape index (κ3) is 6.08. The molecule has 0 saturated carbocycles. The molecule has 0 bridgehead atoms. The van der Waals surface area contributed by atoms with Crippen molar-refractivity contribution in [2.75, 3.05) is 38.7 Å². The Morgan fingerprint density at radius 3 is 2.79 bits per heavy atom. The second-order valence-electron chi connectivity index (χ2n) is 8.27. The first kappa shape index (κ1) is 24.2. The highest BCUT2D eigenvalue weighted by Gasteiger charge is 2.32. The fourth-order valence-electron chi connectivity index (χ4n) is 4.02. The Morgan fingerprint density at radius 2 is 2.06 bits per heavy atom. The molecule has 176 valence electrons. The minimum absolute atomic E-state index is 0.0414. The predicted molar refractivity (Wildman–Crippen MR) is 125 cm³/mol. The summed E-state index contributed by atoms with van der Waals surface area (Å²) in [6.45, 7) is 2.39. The number of benzene rings is 1. The zero-order valence-electron chi connectivity index (χ0n) is 18.5. The van der Waals surface area contributed by atoms with Crippen LogP contribution in [-0.2, 0) is 11.3 Å². The first-order valence-electron chi connectivity index (χ1n) is 10.3. The summed E-state index contributed by atoms with van der Waals surface area (Å²) in [6.07, 6.45) is 1.77. The van der Waals surface area contributed by atoms with E-state index < -0.39 is 5.91 Å². The van der Waals surface area contributed by atoms with Gasteiger partial charge in [-0.3, -0.25) is 10.1 Å². The van der Waals surface area contributed by atoms with E-state index in [0.717, 1.165) is 31.5 Å². The average Bonchev–Trinajstić information content (AvgIpc) is 2.75. The Balaban J connectivity index is 1.67. The van der Waals surface area contributed by atoms with Gasteiger partial charge in [0.05, 0.1) is 26.3 Å². The van der Waals surface area contributed by atoms with Crippen molar-refractivity contribution in [2.45, 2.75) is 25.4 Å². The number of ether oxygens (including phenoxy) is 1. The van der Waals surface area contributed by atoms with Gasteiger partial charge in [-0.1, -0.05) is 23.7 Å². The number of methoxy groups -OCH3 is 1. The second-order valence-corrected chi connectivity index (χ2v) is 8.63. The molecule has 0 radical (unpaired) electrons. The van der Waals surface area contributed by atoms with Gasteiger partial charge in [0.1, 0.15) is 19.1 Å². The standard InChI is InChI=1S/C21H27ClN8O3/c1-30(10-12-5-3-6-13(9-12)20(32)33-2)8-4-7-14(11-30)26-21(25)29-19(31)15-17(23)28-18(24)16(22)27-15/h3,5-6,9,14H,4,7-8,10-11H2,1-2H3,(H6-,23,24,25,26,28,29,31)/p+1. The Hall–Kier alpha value is -3.44. The Bertz CT molecular complexity index is 1090. The Kier molecular flexibility index (Phi) is 7.34. The smallest absolute Gasteiger partial charge is 0.337 e. The van der Waals surface area contributed by atoms with Crippen LogP contribution < -0.4 is 22.5 Å². The van der Waals surface area contributed by atoms with Crippen LogP contribution in [0.4, 0.5) is 11.6 Å². The van der Waals surface area contributed by atoms with Gasteiger partial charge in [0.2, 0.25) is 0 Å². The third-order valence-corrected chi connectivity index (χ3v) is 5.76. The molecule has 11 nitrogen and oxygen atoms in total. The monoisotopic (exact) mass is 475 g/mol. The van der Waals surface area contributed by atoms with Crippen molar-refractivity contribution in [3.05, 3.63) is 46.2 Å². The van der Waals surface area contributed by atoms with Gasteiger partial charge < -0.3 is 26.4 Å². The van der Waals surface area contributed by atoms with Gasteiger partial charge in [0.25, 0.3) is 5.91 Å². The number of piperidine rings is 1. The molecule has 3 rings (SSSR count). The zero-order valence-corrected chi connectivity index (χ0v) is 19.3. The number of nitrogen functional groups attached to an aromatic ring is 2. The fourth-order valence-corrected chi connectivity index (χ4v) is 4.14. The van der Waals surface area contributed by atoms with Gasteiger partial charge >= 0.3 is 5.97 Å². The van der Waals surface area contributed by atoms with Gasteiger partial charge in [0.15, 0.2) is 28.4 Å². The number of carbonyl (C=O) groups excluding carboxylic acids is 2. The van der Waals surface area contributed by atoms with Crippen LogP contribution in [0.15, 0.2) is 29.3 Å². The van der Waals surface area contributed by atoms with Crippen LogP contribution in [0.2, 0.25) is 5.15 Å². The number of likely N-dealkylation sites (tertiary alicyclic amines) is 1. The van der Waals surface area contributed by atoms with Crippen molar-refractivity contribution in [1.29, 1.82) is 0 Å². The quantitative estimate of drug-likeness (QED) is 0.214. The number of nitrogens with zero attached hydrogens (tertiary/aromatic N) is 4. The van der Waals surface area contributed by atoms with E-state index in [4.69, 9.17) is 33.5 Å². The normalized spacial score (nSPS) is 20.8. The lowest BCUT2D eigenvalue weighted by Gasteiger charge is -2.40. The van der Waals surface area contributed by atoms with Crippen LogP contribution in [0.5, 0.6) is 0 Å². The van der Waals surface area contributed by atoms with E-state index in [1.165, 1.54) is 7.11 Å². The number of rotatable bonds is 5. The molecule has 1 aliphatic rings. The molecule has 1 saturated heterocycles. The molecule has 12 heteroatoms. The maximum absolute atomic E-state index is 12.5. The topological polar surface area (TPSA) is 172 Å². The highest BCUT2D eigenvalue weighted by atomic mass is 35.5. The Labute approximate surface area is 196 Å². The van der Waals surface area contributed by atoms with Gasteiger partial charge in [-0.25, -0.2) is 19.8 Å². The van der Waals surface area contributed by atoms with E-state index in [-0.39, 0.29) is 40.5 Å². The molecule has 2 unspecified atom stereocenters. The molecule has 7 N–H and O–H groups in total. The van der Waals surface area contributed by atoms with Crippen molar-refractivity contribution < 1.29 is 18.8 Å². The van der Waals surface area contributed by atoms with Crippen molar-refractivity contribution in [3.8, 4) is 0 Å². The summed E-state index contributed by atoms with van der Waals surface area (Å²) in [4.78, 5) is 36.4. The number of halogens is 1. The number of aliphatic imine (C=N–C) groups is 1. The molecule has 0 spiro atoms. The summed E-state index contributed by atoms with van der Waals surface area (Å²) in [5, 5.41) is 2.36. The van der Waals surface area contributed by atoms with Crippen molar-refractivity contribution in [3.63, 3.8) is 0 Å². The van der Waals surface area contributed by atoms with Gasteiger partial charge in [-0.2, -0.15) is 0 Å². The van der Waals surface area contributed by atoms with E-state index in [9.17, 15) is 9.59 Å². The van der Waals surface area contributed by atoms with Crippen LogP contribution >= 0.6 is 11.6 Å². The van der Waals surface area contributed by atoms with Crippen molar-refractivity contribution >= 4 is 41.1 Å². The number of hydrogen-bond donors (Lipinski definition) is 4. The van der Waals surface area contributed by atoms with Gasteiger partial charge in [-0.05, 0) is 25.0 Å². The largest absolute Gasteiger partial charge is 0.465 e. The van der Waals surface area contributed by atoms with E-state index in [1.807, 2.05) is 18.2 Å². The van der Waals surface area contributed by atoms with E-state index in [2.05, 4.69) is 27.3 Å². The lowest BCUT2D eigenvalue weighted by Crippen LogP contribution is -2.52. The number of hydrogen-bond acceptors (Lipinski definition) is 8. The number of nitrogens with one attached hydrogen (secondary N) is 1. The van der Waals surface area contributed by atoms with Crippen LogP contribution in [0.25, 0.3) is 0 Å². The van der Waals surface area contributed by atoms with Crippen LogP contribution in [-0.4, -0.2) is 65.6 Å². The predicted octanol–water partition coefficient (Wildman–Crippen LogP) is 0.935. The summed E-state index contributed by atoms with van der Waals surface area (Å²) in [5.41, 5.74) is 18.6. The number of aromatic nitrogens is 2. The minimum Gasteiger partial charge on any atom is -0.465 e. The highest BCUT2D eigenvalue weighted by molar-refractivity contribution is 6.31. The van der Waals surface area contributed by atoms with Crippen LogP contribution in [0.1, 0.15) is 39.3 Å². The molecule has 1 aromatic carbocycles. The number of carbonyl (C=O) groups is 2. The number of amides is 1. The van der Waals surface area contributed by atoms with E-state index in [0.29, 0.717) is 16.6 Å². The minimum atomic E-state index is -0.671. The number of nitrogens with two attached hydrogens (primary N) is 3. The van der Waals surface area contributed by atoms with Gasteiger partial charge in [-0.15, -0.1) is 0 Å². The van der Waals surface area contributed by atoms with Crippen molar-refractivity contribution in [1.82, 2.24) is 15.3 Å². The summed E-state index contributed by atoms with van der Waals surface area (Å²) < 4.78 is 5.52. The second kappa shape index (κ2) is 10.0. The van der Waals surface area contributed by atoms with Gasteiger partial charge in [0, 0.05) is 5.56 Å². The number of esters is 1. The lowest BCUT2D eigenvalue weighted by atomic mass is 10.0. The molecular weight excluding hydrogens is 448 g/mol. The molecule has 2 aromatic rings. The lowest BCUT2D eigenvalue weighted by molar-refractivity contribution is -0.927. The number of anilines is 2. The number of guanidine groups is 1. The van der Waals surface area contributed by atoms with Crippen molar-refractivity contribution in [2.24, 2.45) is 10.7 Å². The average molecular weight is 476 g/mol. The number of quaternary nitrogens is 1. The van der Waals surface area contributed by atoms with E-state index in [1.54, 1.807) is 6.07 Å². The number of likely N-dealkylation sites (N-methyl/N-ethyl adjacent to an activating group) is 1. The first-order chi connectivity index (χ1) is 15.6. The SMILES string of the molecule is COC(=O)c1cccc(C[N+]2(C)CCCC(N=C(N)NC(=O)c3nc(Cl)c(N)nc3N)C2)c1. The maximum Gasteiger partial charge on any atom is 0.337 e. The van der Waals surface area contributed by atoms with Crippen LogP contribution in [0.3, 0.4) is 0 Å². The summed E-state index contributed by atoms with van der Waals surface area (Å²) in [7, 11) is 3.50. The molecule has 2 atom stereocenters. The molecule has 0 aliphatic carbocycles. The summed E-state index contributed by atoms with van der Waals surface area (Å²) in [5.74, 6) is -1.30. The molecule has 33 heavy (non-hydrogen) atoms. The third-order valence-electron chi connectivity index (χ3n) is 5.48. The summed E-state index contributed by atoms with van der Waals surface area (Å²) in [6, 6.07) is 7.32. The molecule has 1 fully saturated rings.